The van der Waals surface area contributed by atoms with Gasteiger partial charge in [0, 0.05) is 22.9 Å². The van der Waals surface area contributed by atoms with Crippen LogP contribution in [-0.2, 0) is 0 Å². The van der Waals surface area contributed by atoms with E-state index >= 15 is 0 Å². The SMILES string of the molecule is COc1ccc(-c2nn(-c3ccccc3)cc2C=c2sc3nc(-c4ccccc4C)nn3c2=O)cc1F. The highest BCUT2D eigenvalue weighted by molar-refractivity contribution is 7.15. The predicted octanol–water partition coefficient (Wildman–Crippen LogP) is 4.67. The molecule has 0 saturated heterocycles. The highest BCUT2D eigenvalue weighted by Gasteiger charge is 2.16. The number of methoxy groups -OCH3 is 1. The second-order valence-electron chi connectivity index (χ2n) is 8.42. The van der Waals surface area contributed by atoms with E-state index in [0.717, 1.165) is 16.8 Å². The molecule has 0 amide bonds. The zero-order valence-corrected chi connectivity index (χ0v) is 20.7. The summed E-state index contributed by atoms with van der Waals surface area (Å²) in [6.07, 6.45) is 3.57. The molecule has 0 saturated carbocycles. The number of aromatic nitrogens is 5. The molecule has 0 fully saturated rings. The van der Waals surface area contributed by atoms with Gasteiger partial charge < -0.3 is 4.74 Å². The van der Waals surface area contributed by atoms with Gasteiger partial charge in [0.2, 0.25) is 4.96 Å². The Hall–Kier alpha value is -4.63. The van der Waals surface area contributed by atoms with Gasteiger partial charge in [0.25, 0.3) is 5.56 Å². The van der Waals surface area contributed by atoms with Crippen LogP contribution in [0.5, 0.6) is 5.75 Å². The number of rotatable bonds is 5. The molecule has 6 rings (SSSR count). The van der Waals surface area contributed by atoms with Crippen molar-refractivity contribution in [2.75, 3.05) is 7.11 Å². The Labute approximate surface area is 214 Å². The standard InChI is InChI=1S/C28H20FN5O2S/c1-17-8-6-7-11-21(17)26-30-28-34(32-26)27(35)24(37-28)15-19-16-33(20-9-4-3-5-10-20)31-25(19)18-12-13-23(36-2)22(29)14-18/h3-16H,1-2H3. The quantitative estimate of drug-likeness (QED) is 0.338. The highest BCUT2D eigenvalue weighted by atomic mass is 32.1. The average molecular weight is 510 g/mol. The number of hydrogen-bond acceptors (Lipinski definition) is 6. The van der Waals surface area contributed by atoms with E-state index in [9.17, 15) is 9.18 Å². The van der Waals surface area contributed by atoms with Crippen LogP contribution in [0.3, 0.4) is 0 Å². The number of ether oxygens (including phenoxy) is 1. The third-order valence-corrected chi connectivity index (χ3v) is 7.00. The molecule has 37 heavy (non-hydrogen) atoms. The summed E-state index contributed by atoms with van der Waals surface area (Å²) in [4.78, 5) is 18.4. The topological polar surface area (TPSA) is 74.3 Å². The molecule has 0 atom stereocenters. The van der Waals surface area contributed by atoms with Crippen LogP contribution in [0.2, 0.25) is 0 Å². The number of nitrogens with zero attached hydrogens (tertiary/aromatic N) is 5. The molecule has 3 heterocycles. The maximum Gasteiger partial charge on any atom is 0.291 e. The van der Waals surface area contributed by atoms with Crippen molar-refractivity contribution in [3.05, 3.63) is 111 Å². The van der Waals surface area contributed by atoms with Crippen molar-refractivity contribution in [2.45, 2.75) is 6.92 Å². The van der Waals surface area contributed by atoms with Crippen LogP contribution in [0, 0.1) is 12.7 Å². The first-order valence-electron chi connectivity index (χ1n) is 11.5. The van der Waals surface area contributed by atoms with E-state index in [0.29, 0.717) is 32.1 Å². The van der Waals surface area contributed by atoms with Crippen molar-refractivity contribution in [3.63, 3.8) is 0 Å². The summed E-state index contributed by atoms with van der Waals surface area (Å²) in [5.41, 5.74) is 4.24. The van der Waals surface area contributed by atoms with Crippen LogP contribution in [0.4, 0.5) is 4.39 Å². The van der Waals surface area contributed by atoms with Crippen molar-refractivity contribution >= 4 is 22.4 Å². The minimum atomic E-state index is -0.493. The molecule has 3 aromatic heterocycles. The van der Waals surface area contributed by atoms with E-state index < -0.39 is 5.82 Å². The van der Waals surface area contributed by atoms with Crippen molar-refractivity contribution < 1.29 is 9.13 Å². The van der Waals surface area contributed by atoms with Gasteiger partial charge in [-0.2, -0.15) is 14.6 Å². The molecule has 0 bridgehead atoms. The number of aryl methyl sites for hydroxylation is 1. The van der Waals surface area contributed by atoms with Crippen LogP contribution in [0.25, 0.3) is 39.4 Å². The average Bonchev–Trinajstić information content (AvgIpc) is 3.60. The Kier molecular flexibility index (Phi) is 5.61. The molecule has 182 valence electrons. The van der Waals surface area contributed by atoms with Crippen LogP contribution in [0.15, 0.2) is 83.8 Å². The second-order valence-corrected chi connectivity index (χ2v) is 9.43. The lowest BCUT2D eigenvalue weighted by atomic mass is 10.1. The van der Waals surface area contributed by atoms with Crippen LogP contribution in [-0.4, -0.2) is 31.5 Å². The molecule has 0 spiro atoms. The van der Waals surface area contributed by atoms with E-state index in [1.54, 1.807) is 22.9 Å². The molecule has 0 aliphatic carbocycles. The molecule has 0 aliphatic rings. The fourth-order valence-electron chi connectivity index (χ4n) is 4.16. The minimum absolute atomic E-state index is 0.147. The van der Waals surface area contributed by atoms with E-state index in [4.69, 9.17) is 9.84 Å². The lowest BCUT2D eigenvalue weighted by Gasteiger charge is -2.04. The second kappa shape index (κ2) is 9.11. The van der Waals surface area contributed by atoms with Gasteiger partial charge in [-0.3, -0.25) is 4.79 Å². The van der Waals surface area contributed by atoms with Crippen molar-refractivity contribution in [1.82, 2.24) is 24.4 Å². The fraction of sp³-hybridized carbons (Fsp3) is 0.0714. The Morgan fingerprint density at radius 2 is 1.78 bits per heavy atom. The molecular formula is C28H20FN5O2S. The van der Waals surface area contributed by atoms with Gasteiger partial charge in [-0.05, 0) is 48.9 Å². The van der Waals surface area contributed by atoms with Gasteiger partial charge in [-0.25, -0.2) is 9.07 Å². The lowest BCUT2D eigenvalue weighted by Crippen LogP contribution is -2.23. The number of fused-ring (bicyclic) bond motifs is 1. The monoisotopic (exact) mass is 509 g/mol. The number of hydrogen-bond donors (Lipinski definition) is 0. The lowest BCUT2D eigenvalue weighted by molar-refractivity contribution is 0.386. The summed E-state index contributed by atoms with van der Waals surface area (Å²) in [6, 6.07) is 22.1. The summed E-state index contributed by atoms with van der Waals surface area (Å²) < 4.78 is 23.1. The van der Waals surface area contributed by atoms with Crippen molar-refractivity contribution in [2.24, 2.45) is 0 Å². The van der Waals surface area contributed by atoms with E-state index in [2.05, 4.69) is 10.1 Å². The molecule has 3 aromatic carbocycles. The molecule has 7 nitrogen and oxygen atoms in total. The van der Waals surface area contributed by atoms with Gasteiger partial charge in [0.1, 0.15) is 5.69 Å². The first-order chi connectivity index (χ1) is 18.0. The number of para-hydroxylation sites is 1. The molecule has 9 heteroatoms. The summed E-state index contributed by atoms with van der Waals surface area (Å²) in [6.45, 7) is 1.98. The molecule has 0 N–H and O–H groups in total. The first kappa shape index (κ1) is 22.8. The van der Waals surface area contributed by atoms with Crippen LogP contribution < -0.4 is 14.8 Å². The highest BCUT2D eigenvalue weighted by Crippen LogP contribution is 2.28. The predicted molar refractivity (Wildman–Crippen MR) is 142 cm³/mol. The van der Waals surface area contributed by atoms with Gasteiger partial charge in [-0.1, -0.05) is 53.8 Å². The van der Waals surface area contributed by atoms with Gasteiger partial charge in [0.15, 0.2) is 17.4 Å². The molecule has 0 unspecified atom stereocenters. The maximum atomic E-state index is 14.6. The smallest absolute Gasteiger partial charge is 0.291 e. The molecule has 0 radical (unpaired) electrons. The fourth-order valence-corrected chi connectivity index (χ4v) is 5.06. The summed E-state index contributed by atoms with van der Waals surface area (Å²) in [5.74, 6) is 0.167. The first-order valence-corrected chi connectivity index (χ1v) is 12.3. The van der Waals surface area contributed by atoms with Crippen molar-refractivity contribution in [1.29, 1.82) is 0 Å². The zero-order chi connectivity index (χ0) is 25.5. The van der Waals surface area contributed by atoms with Crippen LogP contribution >= 0.6 is 11.3 Å². The third-order valence-electron chi connectivity index (χ3n) is 6.04. The van der Waals surface area contributed by atoms with Crippen molar-refractivity contribution in [3.8, 4) is 34.1 Å². The summed E-state index contributed by atoms with van der Waals surface area (Å²) >= 11 is 1.25. The van der Waals surface area contributed by atoms with Gasteiger partial charge >= 0.3 is 0 Å². The number of benzene rings is 3. The van der Waals surface area contributed by atoms with E-state index in [-0.39, 0.29) is 11.3 Å². The van der Waals surface area contributed by atoms with E-state index in [1.807, 2.05) is 67.7 Å². The normalized spacial score (nSPS) is 11.9. The van der Waals surface area contributed by atoms with E-state index in [1.165, 1.54) is 29.0 Å². The maximum absolute atomic E-state index is 14.6. The Morgan fingerprint density at radius 1 is 1.00 bits per heavy atom. The summed E-state index contributed by atoms with van der Waals surface area (Å²) in [5, 5.41) is 9.19. The van der Waals surface area contributed by atoms with Gasteiger partial charge in [-0.15, -0.1) is 5.10 Å². The van der Waals surface area contributed by atoms with Crippen LogP contribution in [0.1, 0.15) is 11.1 Å². The number of halogens is 1. The largest absolute Gasteiger partial charge is 0.494 e. The third kappa shape index (κ3) is 4.09. The molecule has 0 aliphatic heterocycles. The zero-order valence-electron chi connectivity index (χ0n) is 19.9. The Bertz CT molecular complexity index is 1870. The molecule has 6 aromatic rings. The minimum Gasteiger partial charge on any atom is -0.494 e. The Balaban J connectivity index is 1.50. The molecular weight excluding hydrogens is 489 g/mol. The number of thiazole rings is 1. The Morgan fingerprint density at radius 3 is 2.51 bits per heavy atom. The van der Waals surface area contributed by atoms with Gasteiger partial charge in [0.05, 0.1) is 17.3 Å². The summed E-state index contributed by atoms with van der Waals surface area (Å²) in [7, 11) is 1.42.